The second kappa shape index (κ2) is 7.11. The molecule has 0 saturated carbocycles. The van der Waals surface area contributed by atoms with Crippen LogP contribution in [0.5, 0.6) is 0 Å². The van der Waals surface area contributed by atoms with E-state index in [4.69, 9.17) is 9.47 Å². The molecule has 3 rings (SSSR count). The third-order valence-corrected chi connectivity index (χ3v) is 4.27. The Morgan fingerprint density at radius 1 is 1.33 bits per heavy atom. The van der Waals surface area contributed by atoms with E-state index in [2.05, 4.69) is 16.9 Å². The molecule has 7 heteroatoms. The summed E-state index contributed by atoms with van der Waals surface area (Å²) in [7, 11) is 0. The minimum Gasteiger partial charge on any atom is -0.349 e. The van der Waals surface area contributed by atoms with Gasteiger partial charge in [0.2, 0.25) is 0 Å². The summed E-state index contributed by atoms with van der Waals surface area (Å²) in [6, 6.07) is 3.11. The maximum Gasteiger partial charge on any atom is 0.272 e. The van der Waals surface area contributed by atoms with Crippen molar-refractivity contribution < 1.29 is 19.1 Å². The molecule has 0 radical (unpaired) electrons. The SMILES string of the molecule is C=CCNC(=O)c1ccnc(C(=O)N2CCC3(CC2)OCCO3)c1. The van der Waals surface area contributed by atoms with Gasteiger partial charge in [-0.05, 0) is 12.1 Å². The smallest absolute Gasteiger partial charge is 0.272 e. The van der Waals surface area contributed by atoms with Crippen molar-refractivity contribution >= 4 is 11.8 Å². The molecule has 0 aromatic carbocycles. The number of rotatable bonds is 4. The van der Waals surface area contributed by atoms with Gasteiger partial charge in [-0.25, -0.2) is 0 Å². The van der Waals surface area contributed by atoms with Crippen molar-refractivity contribution in [3.8, 4) is 0 Å². The van der Waals surface area contributed by atoms with Crippen LogP contribution in [0.1, 0.15) is 33.7 Å². The lowest BCUT2D eigenvalue weighted by Crippen LogP contribution is -2.47. The summed E-state index contributed by atoms with van der Waals surface area (Å²) in [5.41, 5.74) is 0.677. The van der Waals surface area contributed by atoms with Gasteiger partial charge in [0.15, 0.2) is 5.79 Å². The van der Waals surface area contributed by atoms with Crippen molar-refractivity contribution in [1.29, 1.82) is 0 Å². The first-order valence-corrected chi connectivity index (χ1v) is 8.06. The minimum atomic E-state index is -0.517. The Kier molecular flexibility index (Phi) is 4.92. The largest absolute Gasteiger partial charge is 0.349 e. The molecule has 0 bridgehead atoms. The zero-order valence-electron chi connectivity index (χ0n) is 13.5. The summed E-state index contributed by atoms with van der Waals surface area (Å²) in [4.78, 5) is 30.4. The molecule has 1 aromatic heterocycles. The highest BCUT2D eigenvalue weighted by molar-refractivity contribution is 5.98. The van der Waals surface area contributed by atoms with Crippen LogP contribution in [0.15, 0.2) is 31.0 Å². The Hall–Kier alpha value is -2.25. The predicted molar refractivity (Wildman–Crippen MR) is 86.5 cm³/mol. The Labute approximate surface area is 140 Å². The van der Waals surface area contributed by atoms with Crippen LogP contribution in [0.3, 0.4) is 0 Å². The summed E-state index contributed by atoms with van der Waals surface area (Å²) in [5.74, 6) is -0.950. The fourth-order valence-corrected chi connectivity index (χ4v) is 2.95. The van der Waals surface area contributed by atoms with Gasteiger partial charge in [0, 0.05) is 44.2 Å². The molecule has 24 heavy (non-hydrogen) atoms. The molecule has 0 aliphatic carbocycles. The molecule has 2 amide bonds. The highest BCUT2D eigenvalue weighted by Gasteiger charge is 2.41. The zero-order chi connectivity index (χ0) is 17.0. The van der Waals surface area contributed by atoms with E-state index in [1.54, 1.807) is 17.0 Å². The Balaban J connectivity index is 1.65. The number of amides is 2. The summed E-state index contributed by atoms with van der Waals surface area (Å²) in [6.45, 7) is 6.24. The maximum absolute atomic E-state index is 12.6. The number of pyridine rings is 1. The third-order valence-electron chi connectivity index (χ3n) is 4.27. The van der Waals surface area contributed by atoms with Gasteiger partial charge in [-0.3, -0.25) is 14.6 Å². The number of carbonyl (C=O) groups excluding carboxylic acids is 2. The average molecular weight is 331 g/mol. The standard InChI is InChI=1S/C17H21N3O4/c1-2-6-19-15(21)13-3-7-18-14(12-13)16(22)20-8-4-17(5-9-20)23-10-11-24-17/h2-3,7,12H,1,4-6,8-11H2,(H,19,21). The van der Waals surface area contributed by atoms with Crippen molar-refractivity contribution in [3.05, 3.63) is 42.2 Å². The maximum atomic E-state index is 12.6. The lowest BCUT2D eigenvalue weighted by molar-refractivity contribution is -0.181. The van der Waals surface area contributed by atoms with Crippen LogP contribution in [0.25, 0.3) is 0 Å². The number of carbonyl (C=O) groups is 2. The molecular formula is C17H21N3O4. The molecule has 1 N–H and O–H groups in total. The Bertz CT molecular complexity index is 630. The molecule has 2 aliphatic rings. The first kappa shape index (κ1) is 16.6. The molecule has 1 spiro atoms. The quantitative estimate of drug-likeness (QED) is 0.832. The number of nitrogens with zero attached hydrogens (tertiary/aromatic N) is 2. The molecule has 2 saturated heterocycles. The summed E-state index contributed by atoms with van der Waals surface area (Å²) >= 11 is 0. The summed E-state index contributed by atoms with van der Waals surface area (Å²) in [5, 5.41) is 2.68. The average Bonchev–Trinajstić information content (AvgIpc) is 3.08. The van der Waals surface area contributed by atoms with Crippen LogP contribution in [-0.2, 0) is 9.47 Å². The number of piperidine rings is 1. The lowest BCUT2D eigenvalue weighted by atomic mass is 10.0. The van der Waals surface area contributed by atoms with Crippen molar-refractivity contribution in [1.82, 2.24) is 15.2 Å². The predicted octanol–water partition coefficient (Wildman–Crippen LogP) is 0.976. The molecule has 0 atom stereocenters. The Morgan fingerprint density at radius 2 is 2.04 bits per heavy atom. The first-order valence-electron chi connectivity index (χ1n) is 8.06. The third kappa shape index (κ3) is 3.47. The van der Waals surface area contributed by atoms with Crippen LogP contribution in [0, 0.1) is 0 Å². The number of hydrogen-bond acceptors (Lipinski definition) is 5. The second-order valence-corrected chi connectivity index (χ2v) is 5.83. The number of nitrogens with one attached hydrogen (secondary N) is 1. The number of hydrogen-bond donors (Lipinski definition) is 1. The second-order valence-electron chi connectivity index (χ2n) is 5.83. The van der Waals surface area contributed by atoms with E-state index >= 15 is 0 Å². The van der Waals surface area contributed by atoms with Crippen molar-refractivity contribution in [2.75, 3.05) is 32.8 Å². The van der Waals surface area contributed by atoms with E-state index in [1.165, 1.54) is 12.3 Å². The van der Waals surface area contributed by atoms with Crippen LogP contribution in [-0.4, -0.2) is 60.3 Å². The molecular weight excluding hydrogens is 310 g/mol. The molecule has 7 nitrogen and oxygen atoms in total. The van der Waals surface area contributed by atoms with Crippen LogP contribution in [0.2, 0.25) is 0 Å². The van der Waals surface area contributed by atoms with Gasteiger partial charge in [-0.1, -0.05) is 6.08 Å². The topological polar surface area (TPSA) is 80.8 Å². The Morgan fingerprint density at radius 3 is 2.71 bits per heavy atom. The van der Waals surface area contributed by atoms with Gasteiger partial charge < -0.3 is 19.7 Å². The van der Waals surface area contributed by atoms with Gasteiger partial charge in [-0.15, -0.1) is 6.58 Å². The van der Waals surface area contributed by atoms with E-state index in [1.807, 2.05) is 0 Å². The summed E-state index contributed by atoms with van der Waals surface area (Å²) < 4.78 is 11.3. The normalized spacial score (nSPS) is 19.2. The van der Waals surface area contributed by atoms with Crippen molar-refractivity contribution in [3.63, 3.8) is 0 Å². The molecule has 0 unspecified atom stereocenters. The van der Waals surface area contributed by atoms with Crippen LogP contribution in [0.4, 0.5) is 0 Å². The van der Waals surface area contributed by atoms with Gasteiger partial charge in [-0.2, -0.15) is 0 Å². The van der Waals surface area contributed by atoms with E-state index in [-0.39, 0.29) is 17.5 Å². The molecule has 1 aromatic rings. The summed E-state index contributed by atoms with van der Waals surface area (Å²) in [6.07, 6.45) is 4.38. The number of ether oxygens (including phenoxy) is 2. The van der Waals surface area contributed by atoms with E-state index in [0.717, 1.165) is 0 Å². The zero-order valence-corrected chi connectivity index (χ0v) is 13.5. The van der Waals surface area contributed by atoms with Gasteiger partial charge in [0.1, 0.15) is 5.69 Å². The van der Waals surface area contributed by atoms with Crippen LogP contribution >= 0.6 is 0 Å². The minimum absolute atomic E-state index is 0.179. The molecule has 2 fully saturated rings. The lowest BCUT2D eigenvalue weighted by Gasteiger charge is -2.37. The fraction of sp³-hybridized carbons (Fsp3) is 0.471. The van der Waals surface area contributed by atoms with E-state index in [9.17, 15) is 9.59 Å². The van der Waals surface area contributed by atoms with E-state index < -0.39 is 5.79 Å². The first-order chi connectivity index (χ1) is 11.6. The van der Waals surface area contributed by atoms with E-state index in [0.29, 0.717) is 51.3 Å². The number of aromatic nitrogens is 1. The van der Waals surface area contributed by atoms with Gasteiger partial charge in [0.05, 0.1) is 13.2 Å². The molecule has 2 aliphatic heterocycles. The van der Waals surface area contributed by atoms with Gasteiger partial charge >= 0.3 is 0 Å². The highest BCUT2D eigenvalue weighted by atomic mass is 16.7. The molecule has 128 valence electrons. The van der Waals surface area contributed by atoms with Crippen molar-refractivity contribution in [2.24, 2.45) is 0 Å². The fourth-order valence-electron chi connectivity index (χ4n) is 2.95. The monoisotopic (exact) mass is 331 g/mol. The van der Waals surface area contributed by atoms with Gasteiger partial charge in [0.25, 0.3) is 11.8 Å². The van der Waals surface area contributed by atoms with Crippen LogP contribution < -0.4 is 5.32 Å². The van der Waals surface area contributed by atoms with Crippen molar-refractivity contribution in [2.45, 2.75) is 18.6 Å². The number of likely N-dealkylation sites (tertiary alicyclic amines) is 1. The molecule has 3 heterocycles. The highest BCUT2D eigenvalue weighted by Crippen LogP contribution is 2.31.